The Balaban J connectivity index is 1.27. The molecule has 1 aliphatic rings. The van der Waals surface area contributed by atoms with Gasteiger partial charge in [0.2, 0.25) is 11.7 Å². The highest BCUT2D eigenvalue weighted by atomic mass is 32.2. The lowest BCUT2D eigenvalue weighted by Crippen LogP contribution is -2.37. The number of hydrogen-bond acceptors (Lipinski definition) is 6. The number of unbranched alkanes of at least 4 members (excludes halogenated alkanes) is 1. The average Bonchev–Trinajstić information content (AvgIpc) is 3.33. The molecule has 1 heterocycles. The molecule has 0 bridgehead atoms. The van der Waals surface area contributed by atoms with Crippen LogP contribution in [0.2, 0.25) is 0 Å². The van der Waals surface area contributed by atoms with Crippen molar-refractivity contribution in [1.29, 1.82) is 0 Å². The van der Waals surface area contributed by atoms with E-state index in [1.54, 1.807) is 24.3 Å². The number of sulfone groups is 1. The summed E-state index contributed by atoms with van der Waals surface area (Å²) >= 11 is 0. The first-order chi connectivity index (χ1) is 17.9. The van der Waals surface area contributed by atoms with E-state index in [4.69, 9.17) is 4.42 Å². The van der Waals surface area contributed by atoms with Crippen molar-refractivity contribution in [1.82, 2.24) is 10.3 Å². The average molecular weight is 525 g/mol. The van der Waals surface area contributed by atoms with E-state index < -0.39 is 15.8 Å². The molecule has 1 saturated carbocycles. The number of oxazole rings is 1. The number of ketones is 1. The third-order valence-corrected chi connectivity index (χ3v) is 8.74. The van der Waals surface area contributed by atoms with Gasteiger partial charge in [0.15, 0.2) is 15.4 Å². The number of aromatic nitrogens is 1. The highest BCUT2D eigenvalue weighted by molar-refractivity contribution is 7.90. The monoisotopic (exact) mass is 524 g/mol. The number of carbonyl (C=O) groups is 2. The smallest absolute Gasteiger partial charge is 0.264 e. The molecule has 0 radical (unpaired) electrons. The maximum atomic E-state index is 13.1. The Labute approximate surface area is 219 Å². The fraction of sp³-hybridized carbons (Fsp3) is 0.483. The minimum absolute atomic E-state index is 0.0553. The quantitative estimate of drug-likeness (QED) is 0.234. The Kier molecular flexibility index (Phi) is 9.50. The molecule has 1 atom stereocenters. The van der Waals surface area contributed by atoms with Crippen molar-refractivity contribution in [3.05, 3.63) is 66.1 Å². The molecule has 1 amide bonds. The molecule has 37 heavy (non-hydrogen) atoms. The van der Waals surface area contributed by atoms with Gasteiger partial charge in [-0.2, -0.15) is 0 Å². The number of nitrogens with zero attached hydrogens (tertiary/aromatic N) is 1. The zero-order valence-electron chi connectivity index (χ0n) is 21.2. The van der Waals surface area contributed by atoms with Crippen LogP contribution in [-0.4, -0.2) is 37.4 Å². The van der Waals surface area contributed by atoms with E-state index in [1.165, 1.54) is 6.42 Å². The highest BCUT2D eigenvalue weighted by Gasteiger charge is 2.29. The van der Waals surface area contributed by atoms with Crippen LogP contribution in [0.1, 0.15) is 74.0 Å². The van der Waals surface area contributed by atoms with Crippen molar-refractivity contribution >= 4 is 32.6 Å². The zero-order valence-corrected chi connectivity index (χ0v) is 22.0. The molecular formula is C29H36N2O5S. The van der Waals surface area contributed by atoms with Gasteiger partial charge >= 0.3 is 0 Å². The predicted molar refractivity (Wildman–Crippen MR) is 144 cm³/mol. The molecule has 1 aromatic heterocycles. The first-order valence-electron chi connectivity index (χ1n) is 13.3. The first kappa shape index (κ1) is 27.0. The lowest BCUT2D eigenvalue weighted by atomic mass is 9.83. The van der Waals surface area contributed by atoms with Crippen molar-refractivity contribution in [3.63, 3.8) is 0 Å². The number of para-hydroxylation sites is 2. The van der Waals surface area contributed by atoms with E-state index in [2.05, 4.69) is 10.3 Å². The summed E-state index contributed by atoms with van der Waals surface area (Å²) in [7, 11) is -3.44. The predicted octanol–water partition coefficient (Wildman–Crippen LogP) is 5.50. The van der Waals surface area contributed by atoms with Gasteiger partial charge in [0.1, 0.15) is 5.52 Å². The van der Waals surface area contributed by atoms with Crippen LogP contribution < -0.4 is 5.32 Å². The summed E-state index contributed by atoms with van der Waals surface area (Å²) in [5.41, 5.74) is 1.98. The zero-order chi connectivity index (χ0) is 26.1. The lowest BCUT2D eigenvalue weighted by Gasteiger charge is -2.26. The van der Waals surface area contributed by atoms with Gasteiger partial charge in [0.25, 0.3) is 5.89 Å². The Morgan fingerprint density at radius 2 is 1.70 bits per heavy atom. The van der Waals surface area contributed by atoms with Crippen molar-refractivity contribution in [2.24, 2.45) is 11.8 Å². The maximum absolute atomic E-state index is 13.1. The van der Waals surface area contributed by atoms with Crippen molar-refractivity contribution in [2.45, 2.75) is 63.5 Å². The fourth-order valence-corrected chi connectivity index (χ4v) is 6.85. The lowest BCUT2D eigenvalue weighted by molar-refractivity contribution is -0.125. The molecule has 1 fully saturated rings. The number of amides is 1. The minimum atomic E-state index is -3.44. The number of carbonyl (C=O) groups excluding carboxylic acids is 2. The molecule has 0 unspecified atom stereocenters. The Bertz CT molecular complexity index is 1250. The van der Waals surface area contributed by atoms with Gasteiger partial charge < -0.3 is 9.73 Å². The summed E-state index contributed by atoms with van der Waals surface area (Å²) in [5.74, 6) is -0.608. The van der Waals surface area contributed by atoms with E-state index in [0.29, 0.717) is 42.8 Å². The van der Waals surface area contributed by atoms with Crippen LogP contribution in [0, 0.1) is 11.8 Å². The number of fused-ring (bicyclic) bond motifs is 1. The topological polar surface area (TPSA) is 106 Å². The second kappa shape index (κ2) is 13.0. The highest BCUT2D eigenvalue weighted by Crippen LogP contribution is 2.30. The summed E-state index contributed by atoms with van der Waals surface area (Å²) in [6, 6.07) is 16.4. The molecule has 198 valence electrons. The van der Waals surface area contributed by atoms with Gasteiger partial charge in [-0.25, -0.2) is 13.4 Å². The molecule has 8 heteroatoms. The van der Waals surface area contributed by atoms with Crippen LogP contribution in [0.25, 0.3) is 11.1 Å². The summed E-state index contributed by atoms with van der Waals surface area (Å²) < 4.78 is 31.5. The number of nitrogens with one attached hydrogen (secondary N) is 1. The molecule has 3 aromatic rings. The van der Waals surface area contributed by atoms with E-state index in [0.717, 1.165) is 31.2 Å². The van der Waals surface area contributed by atoms with Crippen LogP contribution in [0.4, 0.5) is 0 Å². The third-order valence-electron chi connectivity index (χ3n) is 7.06. The summed E-state index contributed by atoms with van der Waals surface area (Å²) in [6.07, 6.45) is 7.69. The Morgan fingerprint density at radius 1 is 0.973 bits per heavy atom. The molecular weight excluding hydrogens is 488 g/mol. The number of hydrogen-bond donors (Lipinski definition) is 1. The van der Waals surface area contributed by atoms with Gasteiger partial charge in [-0.3, -0.25) is 9.59 Å². The van der Waals surface area contributed by atoms with Crippen LogP contribution in [0.15, 0.2) is 59.0 Å². The van der Waals surface area contributed by atoms with Crippen molar-refractivity contribution < 1.29 is 22.4 Å². The second-order valence-electron chi connectivity index (χ2n) is 10.1. The van der Waals surface area contributed by atoms with Crippen LogP contribution in [0.5, 0.6) is 0 Å². The van der Waals surface area contributed by atoms with E-state index in [1.807, 2.05) is 30.3 Å². The number of Topliss-reactive ketones (excluding diaryl/α,β-unsaturated/α-hetero) is 1. The molecule has 1 N–H and O–H groups in total. The van der Waals surface area contributed by atoms with E-state index in [9.17, 15) is 18.0 Å². The number of rotatable bonds is 13. The Hall–Kier alpha value is -3.00. The SMILES string of the molecule is O=C(CCCCNC(=O)[C@@H](CC1CCCCC1)CS(=O)(=O)Cc1ccccc1)c1nc2ccccc2o1. The van der Waals surface area contributed by atoms with E-state index in [-0.39, 0.29) is 35.5 Å². The van der Waals surface area contributed by atoms with Gasteiger partial charge in [-0.1, -0.05) is 74.6 Å². The molecule has 0 spiro atoms. The van der Waals surface area contributed by atoms with E-state index >= 15 is 0 Å². The standard InChI is InChI=1S/C29H36N2O5S/c32-26(29-31-25-15-7-8-17-27(25)36-29)16-9-10-18-30-28(33)24(19-22-11-3-1-4-12-22)21-37(34,35)20-23-13-5-2-6-14-23/h2,5-8,13-15,17,22,24H,1,3-4,9-12,16,18-21H2,(H,30,33)/t24-/m0/s1. The third kappa shape index (κ3) is 8.25. The van der Waals surface area contributed by atoms with Gasteiger partial charge in [0.05, 0.1) is 17.4 Å². The normalized spacial score (nSPS) is 15.5. The molecule has 4 rings (SSSR count). The molecule has 0 aliphatic heterocycles. The van der Waals surface area contributed by atoms with Crippen molar-refractivity contribution in [3.8, 4) is 0 Å². The first-order valence-corrected chi connectivity index (χ1v) is 15.1. The van der Waals surface area contributed by atoms with Gasteiger partial charge in [-0.05, 0) is 42.9 Å². The minimum Gasteiger partial charge on any atom is -0.434 e. The summed E-state index contributed by atoms with van der Waals surface area (Å²) in [4.78, 5) is 29.8. The van der Waals surface area contributed by atoms with Crippen LogP contribution in [0.3, 0.4) is 0 Å². The van der Waals surface area contributed by atoms with Gasteiger partial charge in [-0.15, -0.1) is 0 Å². The largest absolute Gasteiger partial charge is 0.434 e. The molecule has 0 saturated heterocycles. The van der Waals surface area contributed by atoms with Crippen LogP contribution in [-0.2, 0) is 20.4 Å². The maximum Gasteiger partial charge on any atom is 0.264 e. The summed E-state index contributed by atoms with van der Waals surface area (Å²) in [6.45, 7) is 0.402. The Morgan fingerprint density at radius 3 is 2.46 bits per heavy atom. The summed E-state index contributed by atoms with van der Waals surface area (Å²) in [5, 5.41) is 2.94. The van der Waals surface area contributed by atoms with Crippen LogP contribution >= 0.6 is 0 Å². The molecule has 1 aliphatic carbocycles. The molecule has 7 nitrogen and oxygen atoms in total. The number of benzene rings is 2. The fourth-order valence-electron chi connectivity index (χ4n) is 5.13. The second-order valence-corrected chi connectivity index (χ2v) is 12.2. The molecule has 2 aromatic carbocycles. The van der Waals surface area contributed by atoms with Gasteiger partial charge in [0, 0.05) is 13.0 Å². The van der Waals surface area contributed by atoms with Crippen molar-refractivity contribution in [2.75, 3.05) is 12.3 Å².